The van der Waals surface area contributed by atoms with Gasteiger partial charge >= 0.3 is 6.03 Å². The van der Waals surface area contributed by atoms with Gasteiger partial charge in [0.25, 0.3) is 5.91 Å². The van der Waals surface area contributed by atoms with Crippen molar-refractivity contribution in [2.24, 2.45) is 0 Å². The van der Waals surface area contributed by atoms with Gasteiger partial charge in [-0.25, -0.2) is 4.79 Å². The minimum Gasteiger partial charge on any atom is -0.497 e. The summed E-state index contributed by atoms with van der Waals surface area (Å²) in [6.07, 6.45) is 3.41. The molecule has 2 aliphatic heterocycles. The molecule has 37 heavy (non-hydrogen) atoms. The Hall–Kier alpha value is -3.68. The molecule has 0 aromatic heterocycles. The lowest BCUT2D eigenvalue weighted by Gasteiger charge is -2.35. The molecule has 2 aliphatic rings. The summed E-state index contributed by atoms with van der Waals surface area (Å²) in [6.45, 7) is 6.78. The third kappa shape index (κ3) is 5.53. The number of ether oxygens (including phenoxy) is 3. The monoisotopic (exact) mass is 507 g/mol. The number of hydrogen-bond donors (Lipinski definition) is 0. The molecule has 0 spiro atoms. The van der Waals surface area contributed by atoms with Gasteiger partial charge in [-0.2, -0.15) is 0 Å². The van der Waals surface area contributed by atoms with Gasteiger partial charge < -0.3 is 24.0 Å². The van der Waals surface area contributed by atoms with E-state index in [0.717, 1.165) is 22.6 Å². The average Bonchev–Trinajstić information content (AvgIpc) is 3.07. The molecule has 2 aromatic carbocycles. The van der Waals surface area contributed by atoms with Crippen LogP contribution in [0.1, 0.15) is 54.1 Å². The third-order valence-corrected chi connectivity index (χ3v) is 7.21. The summed E-state index contributed by atoms with van der Waals surface area (Å²) in [5, 5.41) is 0. The van der Waals surface area contributed by atoms with Crippen molar-refractivity contribution in [1.29, 1.82) is 0 Å². The van der Waals surface area contributed by atoms with Crippen LogP contribution in [-0.4, -0.2) is 74.1 Å². The minimum absolute atomic E-state index is 0.0110. The highest BCUT2D eigenvalue weighted by Crippen LogP contribution is 2.39. The second kappa shape index (κ2) is 11.6. The molecular weight excluding hydrogens is 470 g/mol. The smallest absolute Gasteiger partial charge is 0.324 e. The highest BCUT2D eigenvalue weighted by molar-refractivity contribution is 5.94. The molecule has 1 atom stereocenters. The van der Waals surface area contributed by atoms with E-state index >= 15 is 0 Å². The Balaban J connectivity index is 1.70. The number of benzene rings is 2. The van der Waals surface area contributed by atoms with Crippen molar-refractivity contribution >= 4 is 11.9 Å². The van der Waals surface area contributed by atoms with Crippen LogP contribution in [-0.2, 0) is 6.54 Å². The number of methoxy groups -OCH3 is 3. The van der Waals surface area contributed by atoms with Crippen molar-refractivity contribution < 1.29 is 23.8 Å². The normalized spacial score (nSPS) is 18.3. The molecule has 1 saturated heterocycles. The van der Waals surface area contributed by atoms with Crippen molar-refractivity contribution in [1.82, 2.24) is 14.7 Å². The van der Waals surface area contributed by atoms with Gasteiger partial charge in [0, 0.05) is 61.4 Å². The topological polar surface area (TPSA) is 71.6 Å². The van der Waals surface area contributed by atoms with Gasteiger partial charge in [-0.3, -0.25) is 9.69 Å². The van der Waals surface area contributed by atoms with Crippen LogP contribution >= 0.6 is 0 Å². The first-order chi connectivity index (χ1) is 17.9. The summed E-state index contributed by atoms with van der Waals surface area (Å²) in [5.41, 5.74) is 3.57. The Morgan fingerprint density at radius 3 is 2.49 bits per heavy atom. The molecule has 2 aromatic rings. The Morgan fingerprint density at radius 1 is 1.00 bits per heavy atom. The molecule has 1 fully saturated rings. The fourth-order valence-corrected chi connectivity index (χ4v) is 5.25. The van der Waals surface area contributed by atoms with Crippen molar-refractivity contribution in [3.05, 3.63) is 64.9 Å². The zero-order valence-corrected chi connectivity index (χ0v) is 22.5. The molecule has 4 rings (SSSR count). The second-order valence-corrected chi connectivity index (χ2v) is 9.43. The SMILES string of the molecule is CCN1CCCN(C(=O)c2cccc(OC)c2)CCC2=CC(C)c3c(cc(OC)cc3OC)CN2C1=O. The number of carbonyl (C=O) groups excluding carboxylic acids is 2. The van der Waals surface area contributed by atoms with Crippen LogP contribution < -0.4 is 14.2 Å². The maximum absolute atomic E-state index is 13.8. The number of rotatable bonds is 5. The zero-order valence-electron chi connectivity index (χ0n) is 22.5. The van der Waals surface area contributed by atoms with Crippen LogP contribution in [0.5, 0.6) is 17.2 Å². The van der Waals surface area contributed by atoms with Crippen molar-refractivity contribution in [3.63, 3.8) is 0 Å². The van der Waals surface area contributed by atoms with Gasteiger partial charge in [0.1, 0.15) is 17.2 Å². The highest BCUT2D eigenvalue weighted by Gasteiger charge is 2.31. The first kappa shape index (κ1) is 26.4. The van der Waals surface area contributed by atoms with Gasteiger partial charge in [-0.05, 0) is 43.2 Å². The fraction of sp³-hybridized carbons (Fsp3) is 0.448. The number of fused-ring (bicyclic) bond motifs is 2. The number of amides is 3. The Kier molecular flexibility index (Phi) is 8.26. The molecule has 3 amide bonds. The Bertz CT molecular complexity index is 1180. The van der Waals surface area contributed by atoms with Crippen LogP contribution in [0.15, 0.2) is 48.2 Å². The molecule has 0 radical (unpaired) electrons. The lowest BCUT2D eigenvalue weighted by atomic mass is 9.94. The van der Waals surface area contributed by atoms with E-state index in [1.807, 2.05) is 52.0 Å². The molecule has 8 heteroatoms. The number of hydrogen-bond acceptors (Lipinski definition) is 5. The molecule has 8 nitrogen and oxygen atoms in total. The van der Waals surface area contributed by atoms with Gasteiger partial charge in [0.15, 0.2) is 0 Å². The second-order valence-electron chi connectivity index (χ2n) is 9.43. The van der Waals surface area contributed by atoms with E-state index in [1.165, 1.54) is 0 Å². The summed E-state index contributed by atoms with van der Waals surface area (Å²) < 4.78 is 16.6. The summed E-state index contributed by atoms with van der Waals surface area (Å²) in [4.78, 5) is 32.9. The summed E-state index contributed by atoms with van der Waals surface area (Å²) in [5.74, 6) is 2.09. The number of urea groups is 1. The molecule has 0 N–H and O–H groups in total. The number of nitrogens with zero attached hydrogens (tertiary/aromatic N) is 3. The quantitative estimate of drug-likeness (QED) is 0.576. The Morgan fingerprint density at radius 2 is 1.78 bits per heavy atom. The molecule has 0 saturated carbocycles. The maximum Gasteiger partial charge on any atom is 0.324 e. The summed E-state index contributed by atoms with van der Waals surface area (Å²) >= 11 is 0. The van der Waals surface area contributed by atoms with Gasteiger partial charge in [0.05, 0.1) is 27.9 Å². The van der Waals surface area contributed by atoms with Gasteiger partial charge in [-0.1, -0.05) is 19.1 Å². The van der Waals surface area contributed by atoms with E-state index in [-0.39, 0.29) is 17.9 Å². The van der Waals surface area contributed by atoms with E-state index in [4.69, 9.17) is 14.2 Å². The van der Waals surface area contributed by atoms with E-state index in [1.54, 1.807) is 27.4 Å². The highest BCUT2D eigenvalue weighted by atomic mass is 16.5. The van der Waals surface area contributed by atoms with Crippen LogP contribution in [0.25, 0.3) is 0 Å². The van der Waals surface area contributed by atoms with E-state index in [2.05, 4.69) is 13.0 Å². The average molecular weight is 508 g/mol. The predicted octanol–water partition coefficient (Wildman–Crippen LogP) is 4.89. The molecule has 198 valence electrons. The molecule has 0 bridgehead atoms. The van der Waals surface area contributed by atoms with Gasteiger partial charge in [0.2, 0.25) is 0 Å². The fourth-order valence-electron chi connectivity index (χ4n) is 5.25. The van der Waals surface area contributed by atoms with Crippen molar-refractivity contribution in [2.45, 2.75) is 39.2 Å². The van der Waals surface area contributed by atoms with Crippen LogP contribution in [0, 0.1) is 0 Å². The Labute approximate surface area is 219 Å². The molecule has 0 aliphatic carbocycles. The van der Waals surface area contributed by atoms with Crippen molar-refractivity contribution in [2.75, 3.05) is 47.5 Å². The minimum atomic E-state index is -0.0302. The van der Waals surface area contributed by atoms with E-state index < -0.39 is 0 Å². The zero-order chi connectivity index (χ0) is 26.5. The molecular formula is C29H37N3O5. The van der Waals surface area contributed by atoms with Crippen LogP contribution in [0.4, 0.5) is 4.79 Å². The molecule has 1 unspecified atom stereocenters. The van der Waals surface area contributed by atoms with E-state index in [0.29, 0.717) is 62.6 Å². The summed E-state index contributed by atoms with van der Waals surface area (Å²) in [6, 6.07) is 11.1. The molecule has 2 heterocycles. The predicted molar refractivity (Wildman–Crippen MR) is 142 cm³/mol. The third-order valence-electron chi connectivity index (χ3n) is 7.21. The van der Waals surface area contributed by atoms with Crippen LogP contribution in [0.2, 0.25) is 0 Å². The lowest BCUT2D eigenvalue weighted by molar-refractivity contribution is 0.0741. The summed E-state index contributed by atoms with van der Waals surface area (Å²) in [7, 11) is 4.89. The first-order valence-corrected chi connectivity index (χ1v) is 12.8. The first-order valence-electron chi connectivity index (χ1n) is 12.8. The van der Waals surface area contributed by atoms with Crippen LogP contribution in [0.3, 0.4) is 0 Å². The lowest BCUT2D eigenvalue weighted by Crippen LogP contribution is -2.45. The number of allylic oxidation sites excluding steroid dienone is 1. The van der Waals surface area contributed by atoms with Gasteiger partial charge in [-0.15, -0.1) is 0 Å². The van der Waals surface area contributed by atoms with E-state index in [9.17, 15) is 9.59 Å². The van der Waals surface area contributed by atoms with Crippen molar-refractivity contribution in [3.8, 4) is 17.2 Å². The number of carbonyl (C=O) groups is 2. The largest absolute Gasteiger partial charge is 0.497 e. The maximum atomic E-state index is 13.8. The standard InChI is InChI=1S/C29H37N3O5/c1-6-30-12-8-13-31(28(33)21-9-7-10-24(16-21)35-3)14-11-23-15-20(2)27-22(19-32(23)29(30)34)17-25(36-4)18-26(27)37-5/h7,9-10,15-18,20H,6,8,11-14,19H2,1-5H3.